The molecule has 1 heterocycles. The number of nitrogens with zero attached hydrogens (tertiary/aromatic N) is 2. The van der Waals surface area contributed by atoms with Gasteiger partial charge in [-0.2, -0.15) is 0 Å². The molecule has 7 heteroatoms. The van der Waals surface area contributed by atoms with Crippen LogP contribution in [0.2, 0.25) is 0 Å². The molecule has 0 radical (unpaired) electrons. The van der Waals surface area contributed by atoms with E-state index in [9.17, 15) is 19.4 Å². The molecule has 1 aromatic heterocycles. The van der Waals surface area contributed by atoms with Crippen molar-refractivity contribution >= 4 is 34.3 Å². The Morgan fingerprint density at radius 2 is 1.84 bits per heavy atom. The number of rotatable bonds is 9. The van der Waals surface area contributed by atoms with Gasteiger partial charge in [-0.25, -0.2) is 4.39 Å². The standard InChI is InChI=1S/C30H35FN2O4/c1-30(2,3)37-27(36)18-23(35)17-22(34)15-16-25-28(19-9-10-19)32-26-8-6-5-7-24(26)29(25)33(4)21-13-11-20(31)12-14-21/h5-8,11-16,19,22-23,34-35H,9-10,17-18H2,1-4H3/b16-15+/t22-,23-/m1/s1. The summed E-state index contributed by atoms with van der Waals surface area (Å²) in [6.07, 6.45) is 3.38. The van der Waals surface area contributed by atoms with Crippen LogP contribution in [-0.2, 0) is 9.53 Å². The van der Waals surface area contributed by atoms with E-state index in [-0.39, 0.29) is 18.7 Å². The van der Waals surface area contributed by atoms with Crippen molar-refractivity contribution in [2.45, 2.75) is 70.2 Å². The first-order valence-corrected chi connectivity index (χ1v) is 12.7. The first-order valence-electron chi connectivity index (χ1n) is 12.7. The molecule has 1 fully saturated rings. The lowest BCUT2D eigenvalue weighted by Gasteiger charge is -2.25. The van der Waals surface area contributed by atoms with Crippen molar-refractivity contribution in [3.63, 3.8) is 0 Å². The maximum Gasteiger partial charge on any atom is 0.308 e. The lowest BCUT2D eigenvalue weighted by Crippen LogP contribution is -2.27. The minimum Gasteiger partial charge on any atom is -0.460 e. The number of ether oxygens (including phenoxy) is 1. The molecule has 4 rings (SSSR count). The second-order valence-electron chi connectivity index (χ2n) is 10.7. The summed E-state index contributed by atoms with van der Waals surface area (Å²) in [5, 5.41) is 22.0. The van der Waals surface area contributed by atoms with E-state index < -0.39 is 23.8 Å². The van der Waals surface area contributed by atoms with E-state index in [1.54, 1.807) is 39.0 Å². The number of halogens is 1. The number of carbonyl (C=O) groups excluding carboxylic acids is 1. The van der Waals surface area contributed by atoms with Crippen LogP contribution in [0.15, 0.2) is 54.6 Å². The van der Waals surface area contributed by atoms with Crippen molar-refractivity contribution in [1.29, 1.82) is 0 Å². The summed E-state index contributed by atoms with van der Waals surface area (Å²) in [6.45, 7) is 5.30. The fraction of sp³-hybridized carbons (Fsp3) is 0.400. The zero-order valence-electron chi connectivity index (χ0n) is 21.8. The molecule has 0 saturated heterocycles. The minimum atomic E-state index is -1.03. The number of anilines is 2. The Balaban J connectivity index is 1.65. The SMILES string of the molecule is CN(c1ccc(F)cc1)c1c(/C=C/[C@@H](O)C[C@@H](O)CC(=O)OC(C)(C)C)c(C2CC2)nc2ccccc12. The van der Waals surface area contributed by atoms with E-state index in [0.717, 1.165) is 46.4 Å². The van der Waals surface area contributed by atoms with Crippen LogP contribution in [0.5, 0.6) is 0 Å². The Morgan fingerprint density at radius 1 is 1.16 bits per heavy atom. The lowest BCUT2D eigenvalue weighted by molar-refractivity contribution is -0.157. The molecule has 2 atom stereocenters. The van der Waals surface area contributed by atoms with Crippen LogP contribution in [0.25, 0.3) is 17.0 Å². The summed E-state index contributed by atoms with van der Waals surface area (Å²) < 4.78 is 18.9. The van der Waals surface area contributed by atoms with Gasteiger partial charge < -0.3 is 19.8 Å². The van der Waals surface area contributed by atoms with Gasteiger partial charge in [0.15, 0.2) is 0 Å². The second-order valence-corrected chi connectivity index (χ2v) is 10.7. The van der Waals surface area contributed by atoms with Crippen molar-refractivity contribution < 1.29 is 24.1 Å². The zero-order chi connectivity index (χ0) is 26.7. The number of esters is 1. The van der Waals surface area contributed by atoms with Gasteiger partial charge in [0, 0.05) is 36.0 Å². The molecule has 0 spiro atoms. The number of carbonyl (C=O) groups is 1. The van der Waals surface area contributed by atoms with Crippen molar-refractivity contribution in [2.24, 2.45) is 0 Å². The summed E-state index contributed by atoms with van der Waals surface area (Å²) in [6, 6.07) is 14.2. The van der Waals surface area contributed by atoms with Gasteiger partial charge >= 0.3 is 5.97 Å². The summed E-state index contributed by atoms with van der Waals surface area (Å²) >= 11 is 0. The molecular formula is C30H35FN2O4. The van der Waals surface area contributed by atoms with Gasteiger partial charge in [-0.1, -0.05) is 30.4 Å². The molecule has 2 aromatic carbocycles. The van der Waals surface area contributed by atoms with Crippen molar-refractivity contribution in [3.05, 3.63) is 71.7 Å². The topological polar surface area (TPSA) is 82.9 Å². The number of para-hydroxylation sites is 1. The smallest absolute Gasteiger partial charge is 0.308 e. The number of hydrogen-bond acceptors (Lipinski definition) is 6. The van der Waals surface area contributed by atoms with Crippen molar-refractivity contribution in [2.75, 3.05) is 11.9 Å². The highest BCUT2D eigenvalue weighted by Crippen LogP contribution is 2.46. The number of aliphatic hydroxyl groups excluding tert-OH is 2. The van der Waals surface area contributed by atoms with Crippen LogP contribution in [0, 0.1) is 5.82 Å². The highest BCUT2D eigenvalue weighted by molar-refractivity contribution is 5.99. The maximum absolute atomic E-state index is 13.6. The molecule has 1 aliphatic rings. The Bertz CT molecular complexity index is 1280. The molecule has 196 valence electrons. The van der Waals surface area contributed by atoms with Gasteiger partial charge in [-0.3, -0.25) is 9.78 Å². The van der Waals surface area contributed by atoms with Crippen LogP contribution in [0.1, 0.15) is 63.6 Å². The molecule has 0 aliphatic heterocycles. The van der Waals surface area contributed by atoms with Gasteiger partial charge in [0.2, 0.25) is 0 Å². The number of fused-ring (bicyclic) bond motifs is 1. The molecule has 37 heavy (non-hydrogen) atoms. The third-order valence-corrected chi connectivity index (χ3v) is 6.27. The maximum atomic E-state index is 13.6. The van der Waals surface area contributed by atoms with Crippen molar-refractivity contribution in [3.8, 4) is 0 Å². The first kappa shape index (κ1) is 26.8. The monoisotopic (exact) mass is 506 g/mol. The summed E-state index contributed by atoms with van der Waals surface area (Å²) in [5.74, 6) is -0.475. The lowest BCUT2D eigenvalue weighted by atomic mass is 9.99. The van der Waals surface area contributed by atoms with E-state index in [2.05, 4.69) is 0 Å². The highest BCUT2D eigenvalue weighted by Gasteiger charge is 2.30. The molecule has 3 aromatic rings. The van der Waals surface area contributed by atoms with Crippen LogP contribution in [0.3, 0.4) is 0 Å². The van der Waals surface area contributed by atoms with Gasteiger partial charge in [-0.15, -0.1) is 0 Å². The van der Waals surface area contributed by atoms with E-state index in [1.165, 1.54) is 12.1 Å². The second kappa shape index (κ2) is 11.0. The van der Waals surface area contributed by atoms with Crippen LogP contribution in [0.4, 0.5) is 15.8 Å². The number of aliphatic hydroxyl groups is 2. The Kier molecular flexibility index (Phi) is 7.95. The van der Waals surface area contributed by atoms with Crippen molar-refractivity contribution in [1.82, 2.24) is 4.98 Å². The van der Waals surface area contributed by atoms with Gasteiger partial charge in [0.05, 0.1) is 35.5 Å². The zero-order valence-corrected chi connectivity index (χ0v) is 21.8. The summed E-state index contributed by atoms with van der Waals surface area (Å²) in [5.41, 5.74) is 3.82. The van der Waals surface area contributed by atoms with E-state index in [4.69, 9.17) is 9.72 Å². The number of pyridine rings is 1. The molecule has 0 unspecified atom stereocenters. The average molecular weight is 507 g/mol. The third-order valence-electron chi connectivity index (χ3n) is 6.27. The normalized spacial score (nSPS) is 15.6. The molecule has 0 amide bonds. The Morgan fingerprint density at radius 3 is 2.49 bits per heavy atom. The van der Waals surface area contributed by atoms with E-state index in [0.29, 0.717) is 5.92 Å². The molecular weight excluding hydrogens is 471 g/mol. The predicted octanol–water partition coefficient (Wildman–Crippen LogP) is 5.88. The Labute approximate surface area is 217 Å². The fourth-order valence-electron chi connectivity index (χ4n) is 4.44. The quantitative estimate of drug-likeness (QED) is 0.353. The minimum absolute atomic E-state index is 0.00134. The number of aromatic nitrogens is 1. The predicted molar refractivity (Wildman–Crippen MR) is 144 cm³/mol. The molecule has 2 N–H and O–H groups in total. The first-order chi connectivity index (χ1) is 17.5. The summed E-state index contributed by atoms with van der Waals surface area (Å²) in [7, 11) is 1.93. The van der Waals surface area contributed by atoms with Crippen LogP contribution >= 0.6 is 0 Å². The van der Waals surface area contributed by atoms with Crippen LogP contribution in [-0.4, -0.2) is 46.0 Å². The fourth-order valence-corrected chi connectivity index (χ4v) is 4.44. The molecule has 6 nitrogen and oxygen atoms in total. The largest absolute Gasteiger partial charge is 0.460 e. The molecule has 0 bridgehead atoms. The van der Waals surface area contributed by atoms with Gasteiger partial charge in [0.25, 0.3) is 0 Å². The third kappa shape index (κ3) is 6.93. The number of benzene rings is 2. The van der Waals surface area contributed by atoms with E-state index >= 15 is 0 Å². The van der Waals surface area contributed by atoms with E-state index in [1.807, 2.05) is 42.3 Å². The number of hydrogen-bond donors (Lipinski definition) is 2. The molecule has 1 aliphatic carbocycles. The summed E-state index contributed by atoms with van der Waals surface area (Å²) in [4.78, 5) is 19.0. The average Bonchev–Trinajstić information content (AvgIpc) is 3.66. The highest BCUT2D eigenvalue weighted by atomic mass is 19.1. The van der Waals surface area contributed by atoms with Gasteiger partial charge in [-0.05, 0) is 63.9 Å². The van der Waals surface area contributed by atoms with Gasteiger partial charge in [0.1, 0.15) is 11.4 Å². The molecule has 1 saturated carbocycles. The van der Waals surface area contributed by atoms with Crippen LogP contribution < -0.4 is 4.90 Å². The Hall–Kier alpha value is -3.29.